The van der Waals surface area contributed by atoms with Crippen LogP contribution >= 0.6 is 23.1 Å². The van der Waals surface area contributed by atoms with E-state index in [1.807, 2.05) is 24.4 Å². The molecule has 0 radical (unpaired) electrons. The Kier molecular flexibility index (Phi) is 7.39. The summed E-state index contributed by atoms with van der Waals surface area (Å²) in [6.45, 7) is 4.41. The fourth-order valence-electron chi connectivity index (χ4n) is 5.59. The fraction of sp³-hybridized carbons (Fsp3) is 0.500. The number of likely N-dealkylation sites (tertiary alicyclic amines) is 1. The quantitative estimate of drug-likeness (QED) is 0.360. The van der Waals surface area contributed by atoms with Gasteiger partial charge in [-0.3, -0.25) is 14.7 Å². The van der Waals surface area contributed by atoms with Gasteiger partial charge in [0.1, 0.15) is 5.60 Å². The summed E-state index contributed by atoms with van der Waals surface area (Å²) in [4.78, 5) is 29.7. The smallest absolute Gasteiger partial charge is 0.363 e. The molecule has 12 heteroatoms. The number of carbonyl (C=O) groups excluding carboxylic acids is 1. The number of ether oxygens (including phenoxy) is 1. The average molecular weight is 590 g/mol. The van der Waals surface area contributed by atoms with Crippen LogP contribution in [0, 0.1) is 0 Å². The second-order valence-corrected chi connectivity index (χ2v) is 13.1. The highest BCUT2D eigenvalue weighted by Crippen LogP contribution is 2.57. The molecule has 3 aromatic rings. The molecule has 2 fully saturated rings. The van der Waals surface area contributed by atoms with E-state index in [9.17, 15) is 18.0 Å². The molecule has 2 aliphatic heterocycles. The maximum atomic E-state index is 13.1. The summed E-state index contributed by atoms with van der Waals surface area (Å²) in [5.74, 6) is -0.239. The topological polar surface area (TPSA) is 80.2 Å². The molecule has 0 bridgehead atoms. The molecule has 1 saturated heterocycles. The van der Waals surface area contributed by atoms with Crippen molar-refractivity contribution in [1.29, 1.82) is 0 Å². The number of nitrogens with zero attached hydrogens (tertiary/aromatic N) is 4. The van der Waals surface area contributed by atoms with Crippen molar-refractivity contribution >= 4 is 29.0 Å². The predicted molar refractivity (Wildman–Crippen MR) is 146 cm³/mol. The van der Waals surface area contributed by atoms with Crippen molar-refractivity contribution in [2.24, 2.45) is 0 Å². The molecule has 40 heavy (non-hydrogen) atoms. The number of fused-ring (bicyclic) bond motifs is 2. The SMILES string of the molecule is CCSc1ccc(CNC(=O)c2cc3c(s2)C2(CCN(Cc4cnc(C(F)(F)F)nc4)CC2)OC2(CC2)C3)nc1. The summed E-state index contributed by atoms with van der Waals surface area (Å²) in [6.07, 6.45) is 4.21. The highest BCUT2D eigenvalue weighted by atomic mass is 32.2. The molecular weight excluding hydrogens is 559 g/mol. The minimum atomic E-state index is -4.54. The van der Waals surface area contributed by atoms with Gasteiger partial charge in [0.2, 0.25) is 5.82 Å². The van der Waals surface area contributed by atoms with Crippen molar-refractivity contribution in [3.63, 3.8) is 0 Å². The summed E-state index contributed by atoms with van der Waals surface area (Å²) in [7, 11) is 0. The number of thioether (sulfide) groups is 1. The lowest BCUT2D eigenvalue weighted by Crippen LogP contribution is -2.48. The van der Waals surface area contributed by atoms with Gasteiger partial charge in [0.05, 0.1) is 22.7 Å². The van der Waals surface area contributed by atoms with E-state index in [-0.39, 0.29) is 11.5 Å². The van der Waals surface area contributed by atoms with E-state index < -0.39 is 17.6 Å². The zero-order valence-corrected chi connectivity index (χ0v) is 23.7. The van der Waals surface area contributed by atoms with Crippen LogP contribution in [-0.2, 0) is 36.0 Å². The Labute approximate surface area is 239 Å². The van der Waals surface area contributed by atoms with E-state index in [4.69, 9.17) is 4.74 Å². The molecular formula is C28H30F3N5O2S2. The minimum absolute atomic E-state index is 0.104. The second-order valence-electron chi connectivity index (χ2n) is 10.7. The van der Waals surface area contributed by atoms with Crippen LogP contribution in [0.3, 0.4) is 0 Å². The Morgan fingerprint density at radius 3 is 2.50 bits per heavy atom. The number of carbonyl (C=O) groups is 1. The van der Waals surface area contributed by atoms with Crippen molar-refractivity contribution < 1.29 is 22.7 Å². The van der Waals surface area contributed by atoms with Crippen LogP contribution in [0.15, 0.2) is 41.7 Å². The molecule has 7 nitrogen and oxygen atoms in total. The number of hydrogen-bond acceptors (Lipinski definition) is 8. The molecule has 3 aromatic heterocycles. The van der Waals surface area contributed by atoms with Crippen LogP contribution in [0.2, 0.25) is 0 Å². The minimum Gasteiger partial charge on any atom is -0.363 e. The number of hydrogen-bond donors (Lipinski definition) is 1. The lowest BCUT2D eigenvalue weighted by Gasteiger charge is -2.46. The summed E-state index contributed by atoms with van der Waals surface area (Å²) in [6, 6.07) is 6.02. The van der Waals surface area contributed by atoms with Gasteiger partial charge in [0, 0.05) is 60.0 Å². The summed E-state index contributed by atoms with van der Waals surface area (Å²) >= 11 is 3.26. The average Bonchev–Trinajstić information content (AvgIpc) is 3.52. The van der Waals surface area contributed by atoms with Crippen LogP contribution in [0.25, 0.3) is 0 Å². The molecule has 5 heterocycles. The molecule has 0 aromatic carbocycles. The number of nitrogens with one attached hydrogen (secondary N) is 1. The molecule has 1 amide bonds. The van der Waals surface area contributed by atoms with E-state index in [0.29, 0.717) is 23.5 Å². The highest BCUT2D eigenvalue weighted by molar-refractivity contribution is 7.99. The van der Waals surface area contributed by atoms with Gasteiger partial charge in [0.25, 0.3) is 5.91 Å². The van der Waals surface area contributed by atoms with Gasteiger partial charge in [-0.1, -0.05) is 6.92 Å². The number of aromatic nitrogens is 3. The van der Waals surface area contributed by atoms with E-state index in [1.54, 1.807) is 11.8 Å². The van der Waals surface area contributed by atoms with Crippen molar-refractivity contribution in [3.05, 3.63) is 69.2 Å². The van der Waals surface area contributed by atoms with Gasteiger partial charge in [-0.15, -0.1) is 23.1 Å². The van der Waals surface area contributed by atoms with Crippen molar-refractivity contribution in [3.8, 4) is 0 Å². The van der Waals surface area contributed by atoms with Gasteiger partial charge >= 0.3 is 6.18 Å². The molecule has 1 saturated carbocycles. The summed E-state index contributed by atoms with van der Waals surface area (Å²) in [5.41, 5.74) is 2.11. The van der Waals surface area contributed by atoms with Gasteiger partial charge in [0.15, 0.2) is 0 Å². The maximum absolute atomic E-state index is 13.1. The van der Waals surface area contributed by atoms with Crippen molar-refractivity contribution in [2.75, 3.05) is 18.8 Å². The highest BCUT2D eigenvalue weighted by Gasteiger charge is 2.56. The number of alkyl halides is 3. The van der Waals surface area contributed by atoms with E-state index in [1.165, 1.54) is 29.3 Å². The number of piperidine rings is 1. The number of thiophene rings is 1. The monoisotopic (exact) mass is 589 g/mol. The molecule has 3 aliphatic rings. The molecule has 6 rings (SSSR count). The molecule has 0 unspecified atom stereocenters. The third kappa shape index (κ3) is 5.77. The van der Waals surface area contributed by atoms with E-state index in [0.717, 1.165) is 66.4 Å². The van der Waals surface area contributed by atoms with Crippen LogP contribution in [-0.4, -0.2) is 50.2 Å². The normalized spacial score (nSPS) is 19.5. The zero-order valence-electron chi connectivity index (χ0n) is 22.1. The summed E-state index contributed by atoms with van der Waals surface area (Å²) in [5, 5.41) is 3.02. The Morgan fingerprint density at radius 2 is 1.88 bits per heavy atom. The predicted octanol–water partition coefficient (Wildman–Crippen LogP) is 5.59. The largest absolute Gasteiger partial charge is 0.451 e. The number of pyridine rings is 1. The second kappa shape index (κ2) is 10.7. The van der Waals surface area contributed by atoms with E-state index >= 15 is 0 Å². The van der Waals surface area contributed by atoms with Crippen LogP contribution in [0.1, 0.15) is 69.8 Å². The third-order valence-electron chi connectivity index (χ3n) is 7.75. The van der Waals surface area contributed by atoms with Crippen molar-refractivity contribution in [2.45, 2.75) is 74.4 Å². The third-order valence-corrected chi connectivity index (χ3v) is 9.97. The Bertz CT molecular complexity index is 1370. The lowest BCUT2D eigenvalue weighted by atomic mass is 9.83. The molecule has 1 N–H and O–H groups in total. The van der Waals surface area contributed by atoms with Gasteiger partial charge < -0.3 is 10.1 Å². The number of rotatable bonds is 7. The Balaban J connectivity index is 1.12. The fourth-order valence-corrected chi connectivity index (χ4v) is 7.49. The van der Waals surface area contributed by atoms with Crippen LogP contribution < -0.4 is 5.32 Å². The van der Waals surface area contributed by atoms with Gasteiger partial charge in [-0.2, -0.15) is 13.2 Å². The first kappa shape index (κ1) is 27.6. The van der Waals surface area contributed by atoms with Gasteiger partial charge in [-0.25, -0.2) is 9.97 Å². The first-order valence-electron chi connectivity index (χ1n) is 13.5. The lowest BCUT2D eigenvalue weighted by molar-refractivity contribution is -0.151. The molecule has 2 spiro atoms. The van der Waals surface area contributed by atoms with Crippen LogP contribution in [0.5, 0.6) is 0 Å². The molecule has 212 valence electrons. The van der Waals surface area contributed by atoms with Crippen LogP contribution in [0.4, 0.5) is 13.2 Å². The van der Waals surface area contributed by atoms with Crippen molar-refractivity contribution in [1.82, 2.24) is 25.2 Å². The van der Waals surface area contributed by atoms with E-state index in [2.05, 4.69) is 32.1 Å². The zero-order chi connectivity index (χ0) is 28.0. The standard InChI is InChI=1S/C28H30F3N5O2S2/c1-2-39-21-4-3-20(32-16-21)15-33-24(37)22-11-19-12-26(5-6-26)38-27(23(19)40-22)7-9-36(10-8-27)17-18-13-34-25(35-14-18)28(29,30)31/h3-4,11,13-14,16H,2,5-10,12,15,17H2,1H3,(H,33,37). The Hall–Kier alpha value is -2.54. The Morgan fingerprint density at radius 1 is 1.12 bits per heavy atom. The first-order chi connectivity index (χ1) is 19.2. The number of amides is 1. The summed E-state index contributed by atoms with van der Waals surface area (Å²) < 4.78 is 45.2. The molecule has 0 atom stereocenters. The maximum Gasteiger partial charge on any atom is 0.451 e. The number of halogens is 3. The first-order valence-corrected chi connectivity index (χ1v) is 15.3. The molecule has 1 aliphatic carbocycles. The van der Waals surface area contributed by atoms with Gasteiger partial charge in [-0.05, 0) is 55.2 Å².